The Bertz CT molecular complexity index is 470. The minimum atomic E-state index is 0. The van der Waals surface area contributed by atoms with Gasteiger partial charge in [-0.05, 0) is 43.7 Å². The van der Waals surface area contributed by atoms with Crippen molar-refractivity contribution in [1.29, 1.82) is 0 Å². The number of carbonyl (C=O) groups excluding carboxylic acids is 1. The van der Waals surface area contributed by atoms with Gasteiger partial charge >= 0.3 is 0 Å². The van der Waals surface area contributed by atoms with E-state index < -0.39 is 0 Å². The molecule has 0 aliphatic heterocycles. The molecule has 1 aromatic rings. The molecule has 1 aliphatic rings. The first-order valence-corrected chi connectivity index (χ1v) is 8.10. The number of anilines is 1. The molecule has 2 unspecified atom stereocenters. The Morgan fingerprint density at radius 1 is 1.45 bits per heavy atom. The van der Waals surface area contributed by atoms with E-state index in [1.165, 1.54) is 0 Å². The van der Waals surface area contributed by atoms with Crippen LogP contribution in [0.3, 0.4) is 0 Å². The second-order valence-corrected chi connectivity index (χ2v) is 6.22. The molecule has 2 rings (SSSR count). The van der Waals surface area contributed by atoms with Crippen LogP contribution in [0.4, 0.5) is 5.69 Å². The van der Waals surface area contributed by atoms with E-state index in [1.54, 1.807) is 17.8 Å². The third kappa shape index (κ3) is 4.55. The number of hydrogen-bond acceptors (Lipinski definition) is 3. The zero-order chi connectivity index (χ0) is 13.8. The molecule has 6 heteroatoms. The van der Waals surface area contributed by atoms with Gasteiger partial charge in [0.25, 0.3) is 0 Å². The van der Waals surface area contributed by atoms with Crippen LogP contribution < -0.4 is 11.1 Å². The quantitative estimate of drug-likeness (QED) is 0.823. The average molecular weight is 335 g/mol. The molecule has 0 bridgehead atoms. The lowest BCUT2D eigenvalue weighted by Crippen LogP contribution is -2.34. The van der Waals surface area contributed by atoms with Gasteiger partial charge in [-0.2, -0.15) is 0 Å². The Labute approximate surface area is 135 Å². The molecule has 3 N–H and O–H groups in total. The Hall–Kier alpha value is -0.420. The van der Waals surface area contributed by atoms with Crippen LogP contribution in [0.15, 0.2) is 23.1 Å². The number of nitrogens with one attached hydrogen (secondary N) is 1. The summed E-state index contributed by atoms with van der Waals surface area (Å²) in [5.74, 6) is 0.0888. The smallest absolute Gasteiger partial charge is 0.227 e. The zero-order valence-electron chi connectivity index (χ0n) is 11.4. The number of rotatable bonds is 3. The number of benzene rings is 1. The average Bonchev–Trinajstić information content (AvgIpc) is 2.39. The van der Waals surface area contributed by atoms with Gasteiger partial charge in [0, 0.05) is 22.5 Å². The summed E-state index contributed by atoms with van der Waals surface area (Å²) < 4.78 is 0. The van der Waals surface area contributed by atoms with E-state index >= 15 is 0 Å². The van der Waals surface area contributed by atoms with Crippen molar-refractivity contribution in [3.63, 3.8) is 0 Å². The van der Waals surface area contributed by atoms with Crippen molar-refractivity contribution in [3.05, 3.63) is 23.2 Å². The molecule has 1 amide bonds. The molecule has 1 fully saturated rings. The molecule has 20 heavy (non-hydrogen) atoms. The van der Waals surface area contributed by atoms with Gasteiger partial charge in [0.2, 0.25) is 5.91 Å². The number of amides is 1. The van der Waals surface area contributed by atoms with Crippen LogP contribution in [0.2, 0.25) is 5.02 Å². The van der Waals surface area contributed by atoms with Crippen LogP contribution in [0.1, 0.15) is 25.7 Å². The summed E-state index contributed by atoms with van der Waals surface area (Å²) in [6, 6.07) is 5.77. The van der Waals surface area contributed by atoms with Crippen molar-refractivity contribution >= 4 is 47.4 Å². The maximum Gasteiger partial charge on any atom is 0.227 e. The molecule has 3 nitrogen and oxygen atoms in total. The second-order valence-electron chi connectivity index (χ2n) is 4.96. The van der Waals surface area contributed by atoms with E-state index in [2.05, 4.69) is 5.32 Å². The predicted octanol–water partition coefficient (Wildman–Crippen LogP) is 3.94. The van der Waals surface area contributed by atoms with Crippen LogP contribution in [-0.2, 0) is 4.79 Å². The lowest BCUT2D eigenvalue weighted by Gasteiger charge is -2.25. The van der Waals surface area contributed by atoms with Gasteiger partial charge in [-0.25, -0.2) is 0 Å². The Kier molecular flexibility index (Phi) is 7.17. The van der Waals surface area contributed by atoms with E-state index in [4.69, 9.17) is 17.3 Å². The zero-order valence-corrected chi connectivity index (χ0v) is 13.8. The van der Waals surface area contributed by atoms with Crippen molar-refractivity contribution in [1.82, 2.24) is 0 Å². The van der Waals surface area contributed by atoms with Crippen LogP contribution in [-0.4, -0.2) is 18.2 Å². The molecule has 112 valence electrons. The highest BCUT2D eigenvalue weighted by Gasteiger charge is 2.25. The van der Waals surface area contributed by atoms with Gasteiger partial charge in [0.15, 0.2) is 0 Å². The Morgan fingerprint density at radius 2 is 2.20 bits per heavy atom. The third-order valence-electron chi connectivity index (χ3n) is 3.50. The van der Waals surface area contributed by atoms with Gasteiger partial charge in [0.05, 0.1) is 5.02 Å². The standard InChI is InChI=1S/C14H19ClN2OS.ClH/c1-19-13-6-5-11(8-12(13)15)17-14(18)9-3-2-4-10(16)7-9;/h5-6,8-10H,2-4,7,16H2,1H3,(H,17,18);1H. The molecule has 0 saturated heterocycles. The number of nitrogens with two attached hydrogens (primary N) is 1. The van der Waals surface area contributed by atoms with E-state index in [1.807, 2.05) is 18.4 Å². The largest absolute Gasteiger partial charge is 0.328 e. The van der Waals surface area contributed by atoms with Crippen molar-refractivity contribution in [3.8, 4) is 0 Å². The SMILES string of the molecule is CSc1ccc(NC(=O)C2CCCC(N)C2)cc1Cl.Cl. The first-order chi connectivity index (χ1) is 9.10. The number of carbonyl (C=O) groups is 1. The van der Waals surface area contributed by atoms with Crippen LogP contribution >= 0.6 is 35.8 Å². The van der Waals surface area contributed by atoms with Gasteiger partial charge in [-0.1, -0.05) is 18.0 Å². The summed E-state index contributed by atoms with van der Waals surface area (Å²) in [6.07, 6.45) is 5.74. The summed E-state index contributed by atoms with van der Waals surface area (Å²) in [6.45, 7) is 0. The van der Waals surface area contributed by atoms with Gasteiger partial charge < -0.3 is 11.1 Å². The molecule has 2 atom stereocenters. The van der Waals surface area contributed by atoms with E-state index in [0.717, 1.165) is 36.3 Å². The highest BCUT2D eigenvalue weighted by Crippen LogP contribution is 2.29. The van der Waals surface area contributed by atoms with E-state index in [0.29, 0.717) is 5.02 Å². The third-order valence-corrected chi connectivity index (χ3v) is 4.73. The summed E-state index contributed by atoms with van der Waals surface area (Å²) in [7, 11) is 0. The molecule has 0 radical (unpaired) electrons. The fourth-order valence-electron chi connectivity index (χ4n) is 2.45. The topological polar surface area (TPSA) is 55.1 Å². The van der Waals surface area contributed by atoms with Crippen LogP contribution in [0, 0.1) is 5.92 Å². The lowest BCUT2D eigenvalue weighted by molar-refractivity contribution is -0.120. The molecular formula is C14H20Cl2N2OS. The van der Waals surface area contributed by atoms with Crippen molar-refractivity contribution < 1.29 is 4.79 Å². The fourth-order valence-corrected chi connectivity index (χ4v) is 3.32. The van der Waals surface area contributed by atoms with E-state index in [9.17, 15) is 4.79 Å². The number of hydrogen-bond donors (Lipinski definition) is 2. The number of halogens is 2. The monoisotopic (exact) mass is 334 g/mol. The fraction of sp³-hybridized carbons (Fsp3) is 0.500. The maximum absolute atomic E-state index is 12.2. The first-order valence-electron chi connectivity index (χ1n) is 6.50. The normalized spacial score (nSPS) is 21.9. The summed E-state index contributed by atoms with van der Waals surface area (Å²) in [4.78, 5) is 13.2. The highest BCUT2D eigenvalue weighted by molar-refractivity contribution is 7.98. The minimum Gasteiger partial charge on any atom is -0.328 e. The van der Waals surface area contributed by atoms with Crippen molar-refractivity contribution in [2.75, 3.05) is 11.6 Å². The van der Waals surface area contributed by atoms with Gasteiger partial charge in [-0.3, -0.25) is 4.79 Å². The molecular weight excluding hydrogens is 315 g/mol. The molecule has 0 aromatic heterocycles. The maximum atomic E-state index is 12.2. The minimum absolute atomic E-state index is 0. The molecule has 1 aliphatic carbocycles. The highest BCUT2D eigenvalue weighted by atomic mass is 35.5. The summed E-state index contributed by atoms with van der Waals surface area (Å²) >= 11 is 7.72. The van der Waals surface area contributed by atoms with Gasteiger partial charge in [-0.15, -0.1) is 24.2 Å². The Morgan fingerprint density at radius 3 is 2.80 bits per heavy atom. The first kappa shape index (κ1) is 17.6. The van der Waals surface area contributed by atoms with E-state index in [-0.39, 0.29) is 30.3 Å². The van der Waals surface area contributed by atoms with Crippen LogP contribution in [0.5, 0.6) is 0 Å². The summed E-state index contributed by atoms with van der Waals surface area (Å²) in [5.41, 5.74) is 6.67. The molecule has 0 heterocycles. The summed E-state index contributed by atoms with van der Waals surface area (Å²) in [5, 5.41) is 3.61. The molecule has 0 spiro atoms. The molecule has 1 aromatic carbocycles. The second kappa shape index (κ2) is 8.13. The van der Waals surface area contributed by atoms with Crippen LogP contribution in [0.25, 0.3) is 0 Å². The van der Waals surface area contributed by atoms with Crippen molar-refractivity contribution in [2.45, 2.75) is 36.6 Å². The molecule has 1 saturated carbocycles. The van der Waals surface area contributed by atoms with Crippen molar-refractivity contribution in [2.24, 2.45) is 11.7 Å². The Balaban J connectivity index is 0.00000200. The lowest BCUT2D eigenvalue weighted by atomic mass is 9.85. The van der Waals surface area contributed by atoms with Gasteiger partial charge in [0.1, 0.15) is 0 Å². The number of thioether (sulfide) groups is 1. The predicted molar refractivity (Wildman–Crippen MR) is 89.0 cm³/mol.